The molecule has 0 atom stereocenters. The van der Waals surface area contributed by atoms with Gasteiger partial charge in [0.1, 0.15) is 0 Å². The maximum Gasteiger partial charge on any atom is 0.250 e. The molecule has 0 bridgehead atoms. The molecule has 1 amide bonds. The Balaban J connectivity index is 1.42. The number of carbonyl (C=O) groups is 1. The van der Waals surface area contributed by atoms with Gasteiger partial charge in [-0.25, -0.2) is 0 Å². The van der Waals surface area contributed by atoms with E-state index in [9.17, 15) is 4.79 Å². The Morgan fingerprint density at radius 1 is 1.04 bits per heavy atom. The van der Waals surface area contributed by atoms with E-state index in [1.807, 2.05) is 0 Å². The molecule has 3 N–H and O–H groups in total. The predicted molar refractivity (Wildman–Crippen MR) is 108 cm³/mol. The lowest BCUT2D eigenvalue weighted by atomic mass is 10.1. The summed E-state index contributed by atoms with van der Waals surface area (Å²) in [5.41, 5.74) is 7.79. The maximum absolute atomic E-state index is 11.5. The number of carbonyl (C=O) groups excluding carboxylic acids is 1. The zero-order chi connectivity index (χ0) is 18.4. The van der Waals surface area contributed by atoms with Crippen LogP contribution in [0.4, 0.5) is 11.4 Å². The van der Waals surface area contributed by atoms with E-state index in [2.05, 4.69) is 45.4 Å². The molecule has 0 unspecified atom stereocenters. The molecule has 1 aliphatic rings. The summed E-state index contributed by atoms with van der Waals surface area (Å²) in [6.07, 6.45) is 0.981. The number of nitrogens with zero attached hydrogens (tertiary/aromatic N) is 2. The highest BCUT2D eigenvalue weighted by atomic mass is 35.5. The molecule has 26 heavy (non-hydrogen) atoms. The van der Waals surface area contributed by atoms with Crippen LogP contribution in [0, 0.1) is 0 Å². The molecule has 2 aromatic rings. The van der Waals surface area contributed by atoms with Crippen molar-refractivity contribution in [2.75, 3.05) is 49.5 Å². The van der Waals surface area contributed by atoms with E-state index in [0.717, 1.165) is 45.7 Å². The first kappa shape index (κ1) is 18.5. The monoisotopic (exact) mass is 372 g/mol. The molecule has 0 radical (unpaired) electrons. The van der Waals surface area contributed by atoms with Gasteiger partial charge >= 0.3 is 0 Å². The number of anilines is 2. The quantitative estimate of drug-likeness (QED) is 0.733. The van der Waals surface area contributed by atoms with Crippen molar-refractivity contribution >= 4 is 28.9 Å². The lowest BCUT2D eigenvalue weighted by Crippen LogP contribution is -2.46. The Morgan fingerprint density at radius 2 is 1.77 bits per heavy atom. The van der Waals surface area contributed by atoms with Crippen LogP contribution in [-0.2, 0) is 0 Å². The van der Waals surface area contributed by atoms with Crippen molar-refractivity contribution in [2.45, 2.75) is 6.42 Å². The minimum Gasteiger partial charge on any atom is -0.383 e. The smallest absolute Gasteiger partial charge is 0.250 e. The minimum absolute atomic E-state index is 0.439. The molecule has 0 aliphatic carbocycles. The van der Waals surface area contributed by atoms with E-state index in [1.165, 1.54) is 5.69 Å². The van der Waals surface area contributed by atoms with Gasteiger partial charge in [0.15, 0.2) is 0 Å². The zero-order valence-electron chi connectivity index (χ0n) is 14.8. The SMILES string of the molecule is NC(=O)c1cccc(Cl)c1NCCCN1CCN(c2ccccc2)CC1. The molecule has 1 aliphatic heterocycles. The van der Waals surface area contributed by atoms with E-state index < -0.39 is 5.91 Å². The predicted octanol–water partition coefficient (Wildman–Crippen LogP) is 3.06. The largest absolute Gasteiger partial charge is 0.383 e. The van der Waals surface area contributed by atoms with Gasteiger partial charge < -0.3 is 16.0 Å². The number of piperazine rings is 1. The van der Waals surface area contributed by atoms with Gasteiger partial charge in [-0.3, -0.25) is 9.69 Å². The van der Waals surface area contributed by atoms with E-state index in [1.54, 1.807) is 18.2 Å². The highest BCUT2D eigenvalue weighted by Crippen LogP contribution is 2.25. The van der Waals surface area contributed by atoms with Crippen LogP contribution < -0.4 is 16.0 Å². The fraction of sp³-hybridized carbons (Fsp3) is 0.350. The van der Waals surface area contributed by atoms with Crippen LogP contribution in [0.1, 0.15) is 16.8 Å². The van der Waals surface area contributed by atoms with Gasteiger partial charge in [-0.2, -0.15) is 0 Å². The Morgan fingerprint density at radius 3 is 2.46 bits per heavy atom. The Kier molecular flexibility index (Phi) is 6.36. The summed E-state index contributed by atoms with van der Waals surface area (Å²) in [5.74, 6) is -0.466. The van der Waals surface area contributed by atoms with Crippen molar-refractivity contribution in [3.05, 3.63) is 59.1 Å². The number of primary amides is 1. The lowest BCUT2D eigenvalue weighted by molar-refractivity contribution is 0.100. The number of nitrogens with two attached hydrogens (primary N) is 1. The Labute approximate surface area is 159 Å². The molecule has 0 spiro atoms. The Bertz CT molecular complexity index is 730. The molecule has 138 valence electrons. The summed E-state index contributed by atoms with van der Waals surface area (Å²) >= 11 is 6.19. The second-order valence-corrected chi connectivity index (χ2v) is 6.88. The minimum atomic E-state index is -0.466. The number of benzene rings is 2. The average molecular weight is 373 g/mol. The molecule has 1 saturated heterocycles. The molecular formula is C20H25ClN4O. The third kappa shape index (κ3) is 4.68. The van der Waals surface area contributed by atoms with E-state index in [-0.39, 0.29) is 0 Å². The van der Waals surface area contributed by atoms with Gasteiger partial charge in [-0.1, -0.05) is 35.9 Å². The molecule has 0 saturated carbocycles. The molecule has 0 aromatic heterocycles. The summed E-state index contributed by atoms with van der Waals surface area (Å²) in [6.45, 7) is 6.00. The highest BCUT2D eigenvalue weighted by molar-refractivity contribution is 6.34. The highest BCUT2D eigenvalue weighted by Gasteiger charge is 2.16. The van der Waals surface area contributed by atoms with Gasteiger partial charge in [0.2, 0.25) is 0 Å². The summed E-state index contributed by atoms with van der Waals surface area (Å²) < 4.78 is 0. The van der Waals surface area contributed by atoms with E-state index in [0.29, 0.717) is 16.3 Å². The van der Waals surface area contributed by atoms with Gasteiger partial charge in [0, 0.05) is 38.4 Å². The normalized spacial score (nSPS) is 15.0. The van der Waals surface area contributed by atoms with Crippen LogP contribution in [0.2, 0.25) is 5.02 Å². The molecular weight excluding hydrogens is 348 g/mol. The van der Waals surface area contributed by atoms with Crippen LogP contribution in [0.5, 0.6) is 0 Å². The number of rotatable bonds is 7. The summed E-state index contributed by atoms with van der Waals surface area (Å²) in [5, 5.41) is 3.79. The summed E-state index contributed by atoms with van der Waals surface area (Å²) in [7, 11) is 0. The molecule has 5 nitrogen and oxygen atoms in total. The van der Waals surface area contributed by atoms with Crippen molar-refractivity contribution in [1.29, 1.82) is 0 Å². The molecule has 6 heteroatoms. The fourth-order valence-electron chi connectivity index (χ4n) is 3.29. The fourth-order valence-corrected chi connectivity index (χ4v) is 3.54. The van der Waals surface area contributed by atoms with E-state index in [4.69, 9.17) is 17.3 Å². The molecule has 1 fully saturated rings. The van der Waals surface area contributed by atoms with Crippen molar-refractivity contribution in [3.63, 3.8) is 0 Å². The average Bonchev–Trinajstić information content (AvgIpc) is 2.67. The van der Waals surface area contributed by atoms with Crippen LogP contribution in [0.25, 0.3) is 0 Å². The topological polar surface area (TPSA) is 61.6 Å². The number of amides is 1. The van der Waals surface area contributed by atoms with Crippen LogP contribution in [0.3, 0.4) is 0 Å². The van der Waals surface area contributed by atoms with Crippen molar-refractivity contribution in [2.24, 2.45) is 5.73 Å². The summed E-state index contributed by atoms with van der Waals surface area (Å²) in [6, 6.07) is 15.7. The van der Waals surface area contributed by atoms with E-state index >= 15 is 0 Å². The zero-order valence-corrected chi connectivity index (χ0v) is 15.6. The molecule has 3 rings (SSSR count). The van der Waals surface area contributed by atoms with Crippen molar-refractivity contribution in [3.8, 4) is 0 Å². The molecule has 1 heterocycles. The number of para-hydroxylation sites is 2. The maximum atomic E-state index is 11.5. The van der Waals surface area contributed by atoms with Gasteiger partial charge in [0.25, 0.3) is 5.91 Å². The van der Waals surface area contributed by atoms with Gasteiger partial charge in [-0.05, 0) is 37.2 Å². The van der Waals surface area contributed by atoms with Crippen LogP contribution in [0.15, 0.2) is 48.5 Å². The summed E-state index contributed by atoms with van der Waals surface area (Å²) in [4.78, 5) is 16.4. The lowest BCUT2D eigenvalue weighted by Gasteiger charge is -2.36. The second-order valence-electron chi connectivity index (χ2n) is 6.47. The third-order valence-corrected chi connectivity index (χ3v) is 5.04. The first-order chi connectivity index (χ1) is 12.6. The van der Waals surface area contributed by atoms with Crippen molar-refractivity contribution < 1.29 is 4.79 Å². The van der Waals surface area contributed by atoms with Crippen molar-refractivity contribution in [1.82, 2.24) is 4.90 Å². The Hall–Kier alpha value is -2.24. The first-order valence-electron chi connectivity index (χ1n) is 8.99. The second kappa shape index (κ2) is 8.92. The number of nitrogens with one attached hydrogen (secondary N) is 1. The number of halogens is 1. The standard InChI is InChI=1S/C20H25ClN4O/c21-18-9-4-8-17(20(22)26)19(18)23-10-5-11-24-12-14-25(15-13-24)16-6-2-1-3-7-16/h1-4,6-9,23H,5,10-15H2,(H2,22,26). The molecule has 2 aromatic carbocycles. The van der Waals surface area contributed by atoms with Gasteiger partial charge in [-0.15, -0.1) is 0 Å². The number of hydrogen-bond donors (Lipinski definition) is 2. The number of hydrogen-bond acceptors (Lipinski definition) is 4. The van der Waals surface area contributed by atoms with Crippen LogP contribution in [-0.4, -0.2) is 50.1 Å². The third-order valence-electron chi connectivity index (χ3n) is 4.73. The van der Waals surface area contributed by atoms with Crippen LogP contribution >= 0.6 is 11.6 Å². The first-order valence-corrected chi connectivity index (χ1v) is 9.37. The van der Waals surface area contributed by atoms with Gasteiger partial charge in [0.05, 0.1) is 16.3 Å².